The van der Waals surface area contributed by atoms with Gasteiger partial charge in [0.05, 0.1) is 6.10 Å². The van der Waals surface area contributed by atoms with Crippen LogP contribution in [0.3, 0.4) is 0 Å². The molecule has 9 N–H and O–H groups in total. The molecule has 0 aliphatic carbocycles. The first-order chi connectivity index (χ1) is 14.3. The van der Waals surface area contributed by atoms with Gasteiger partial charge in [0.1, 0.15) is 24.2 Å². The highest BCUT2D eigenvalue weighted by Crippen LogP contribution is 2.06. The minimum atomic E-state index is -1.32. The van der Waals surface area contributed by atoms with Gasteiger partial charge in [0.2, 0.25) is 23.6 Å². The Morgan fingerprint density at radius 1 is 0.903 bits per heavy atom. The van der Waals surface area contributed by atoms with E-state index in [1.54, 1.807) is 13.8 Å². The molecule has 0 rings (SSSR count). The Kier molecular flexibility index (Phi) is 12.8. The van der Waals surface area contributed by atoms with Gasteiger partial charge in [-0.1, -0.05) is 13.8 Å². The molecular weight excluding hydrogens is 430 g/mol. The Morgan fingerprint density at radius 2 is 1.39 bits per heavy atom. The zero-order chi connectivity index (χ0) is 24.3. The van der Waals surface area contributed by atoms with Gasteiger partial charge in [-0.15, -0.1) is 0 Å². The lowest BCUT2D eigenvalue weighted by Gasteiger charge is -2.25. The minimum Gasteiger partial charge on any atom is -0.480 e. The summed E-state index contributed by atoms with van der Waals surface area (Å²) in [6, 6.07) is -4.95. The molecule has 0 aromatic carbocycles. The van der Waals surface area contributed by atoms with E-state index in [2.05, 4.69) is 28.6 Å². The van der Waals surface area contributed by atoms with Gasteiger partial charge in [-0.25, -0.2) is 4.79 Å². The lowest BCUT2D eigenvalue weighted by atomic mass is 10.0. The van der Waals surface area contributed by atoms with E-state index in [1.165, 1.54) is 6.92 Å². The number of carbonyl (C=O) groups excluding carboxylic acids is 4. The first kappa shape index (κ1) is 28.6. The lowest BCUT2D eigenvalue weighted by molar-refractivity contribution is -0.142. The van der Waals surface area contributed by atoms with Crippen molar-refractivity contribution in [2.75, 3.05) is 5.75 Å². The van der Waals surface area contributed by atoms with Crippen molar-refractivity contribution in [3.05, 3.63) is 0 Å². The number of aliphatic hydroxyl groups excluding tert-OH is 1. The number of hydrogen-bond acceptors (Lipinski definition) is 8. The monoisotopic (exact) mass is 463 g/mol. The van der Waals surface area contributed by atoms with Crippen molar-refractivity contribution in [3.8, 4) is 0 Å². The van der Waals surface area contributed by atoms with Crippen LogP contribution in [0.5, 0.6) is 0 Å². The van der Waals surface area contributed by atoms with Crippen molar-refractivity contribution in [1.82, 2.24) is 16.0 Å². The summed E-state index contributed by atoms with van der Waals surface area (Å²) in [7, 11) is 0. The molecule has 0 aromatic heterocycles. The van der Waals surface area contributed by atoms with Crippen LogP contribution in [0.15, 0.2) is 0 Å². The van der Waals surface area contributed by atoms with Gasteiger partial charge in [0, 0.05) is 12.2 Å². The molecule has 178 valence electrons. The van der Waals surface area contributed by atoms with Gasteiger partial charge < -0.3 is 37.6 Å². The van der Waals surface area contributed by atoms with Crippen LogP contribution in [0.4, 0.5) is 0 Å². The van der Waals surface area contributed by atoms with E-state index in [4.69, 9.17) is 11.5 Å². The van der Waals surface area contributed by atoms with Crippen molar-refractivity contribution in [3.63, 3.8) is 0 Å². The molecule has 5 atom stereocenters. The van der Waals surface area contributed by atoms with E-state index in [-0.39, 0.29) is 30.9 Å². The van der Waals surface area contributed by atoms with Gasteiger partial charge in [0.25, 0.3) is 0 Å². The van der Waals surface area contributed by atoms with Crippen LogP contribution in [-0.2, 0) is 24.0 Å². The zero-order valence-corrected chi connectivity index (χ0v) is 18.7. The third-order valence-corrected chi connectivity index (χ3v) is 4.64. The van der Waals surface area contributed by atoms with E-state index in [0.29, 0.717) is 0 Å². The predicted molar refractivity (Wildman–Crippen MR) is 115 cm³/mol. The quantitative estimate of drug-likeness (QED) is 0.128. The highest BCUT2D eigenvalue weighted by molar-refractivity contribution is 7.80. The molecule has 5 unspecified atom stereocenters. The van der Waals surface area contributed by atoms with Crippen molar-refractivity contribution in [2.45, 2.75) is 70.3 Å². The second-order valence-electron chi connectivity index (χ2n) is 7.61. The average molecular weight is 464 g/mol. The second kappa shape index (κ2) is 13.8. The first-order valence-electron chi connectivity index (χ1n) is 9.76. The summed E-state index contributed by atoms with van der Waals surface area (Å²) in [5.41, 5.74) is 10.6. The molecule has 0 heterocycles. The highest BCUT2D eigenvalue weighted by atomic mass is 32.1. The largest absolute Gasteiger partial charge is 0.480 e. The van der Waals surface area contributed by atoms with Gasteiger partial charge >= 0.3 is 5.97 Å². The molecule has 0 spiro atoms. The van der Waals surface area contributed by atoms with Crippen molar-refractivity contribution < 1.29 is 34.2 Å². The molecule has 12 nitrogen and oxygen atoms in total. The number of nitrogens with two attached hydrogens (primary N) is 2. The van der Waals surface area contributed by atoms with Crippen LogP contribution in [-0.4, -0.2) is 75.8 Å². The summed E-state index contributed by atoms with van der Waals surface area (Å²) in [6.07, 6.45) is -1.42. The standard InChI is InChI=1S/C18H33N5O7S/c1-8(2)6-11(18(29)30)22-16(27)12(7-31)23-15(26)10(4-5-13(19)25)21-17(28)14(20)9(3)24/h8-12,14,24,31H,4-7,20H2,1-3H3,(H2,19,25)(H,21,28)(H,22,27)(H,23,26)(H,29,30). The number of primary amides is 1. The molecule has 0 saturated heterocycles. The number of carboxylic acids is 1. The van der Waals surface area contributed by atoms with Crippen molar-refractivity contribution >= 4 is 42.2 Å². The summed E-state index contributed by atoms with van der Waals surface area (Å²) in [4.78, 5) is 59.7. The van der Waals surface area contributed by atoms with Crippen LogP contribution in [0, 0.1) is 5.92 Å². The number of aliphatic hydroxyl groups is 1. The van der Waals surface area contributed by atoms with E-state index < -0.39 is 59.9 Å². The molecule has 13 heteroatoms. The fourth-order valence-corrected chi connectivity index (χ4v) is 2.73. The van der Waals surface area contributed by atoms with Crippen LogP contribution in [0.25, 0.3) is 0 Å². The Balaban J connectivity index is 5.30. The van der Waals surface area contributed by atoms with E-state index in [9.17, 15) is 34.2 Å². The molecule has 0 radical (unpaired) electrons. The Morgan fingerprint density at radius 3 is 1.81 bits per heavy atom. The fourth-order valence-electron chi connectivity index (χ4n) is 2.47. The summed E-state index contributed by atoms with van der Waals surface area (Å²) in [5.74, 6) is -4.52. The third kappa shape index (κ3) is 11.0. The molecule has 0 aliphatic heterocycles. The maximum absolute atomic E-state index is 12.6. The van der Waals surface area contributed by atoms with Crippen LogP contribution in [0.2, 0.25) is 0 Å². The Bertz CT molecular complexity index is 659. The number of nitrogens with one attached hydrogen (secondary N) is 3. The fraction of sp³-hybridized carbons (Fsp3) is 0.722. The minimum absolute atomic E-state index is 0.00281. The van der Waals surface area contributed by atoms with Crippen molar-refractivity contribution in [1.29, 1.82) is 0 Å². The number of rotatable bonds is 14. The topological polar surface area (TPSA) is 214 Å². The average Bonchev–Trinajstić information content (AvgIpc) is 2.66. The van der Waals surface area contributed by atoms with Crippen LogP contribution < -0.4 is 27.4 Å². The SMILES string of the molecule is CC(C)CC(NC(=O)C(CS)NC(=O)C(CCC(N)=O)NC(=O)C(N)C(C)O)C(=O)O. The second-order valence-corrected chi connectivity index (χ2v) is 7.97. The third-order valence-electron chi connectivity index (χ3n) is 4.27. The van der Waals surface area contributed by atoms with Crippen LogP contribution in [0.1, 0.15) is 40.0 Å². The zero-order valence-electron chi connectivity index (χ0n) is 17.8. The van der Waals surface area contributed by atoms with E-state index in [1.807, 2.05) is 0 Å². The maximum Gasteiger partial charge on any atom is 0.326 e. The molecule has 4 amide bonds. The summed E-state index contributed by atoms with van der Waals surface area (Å²) < 4.78 is 0. The van der Waals surface area contributed by atoms with Crippen LogP contribution >= 0.6 is 12.6 Å². The lowest BCUT2D eigenvalue weighted by Crippen LogP contribution is -2.58. The van der Waals surface area contributed by atoms with Gasteiger partial charge in [-0.2, -0.15) is 12.6 Å². The number of thiol groups is 1. The molecular formula is C18H33N5O7S. The summed E-state index contributed by atoms with van der Waals surface area (Å²) in [6.45, 7) is 4.88. The number of amides is 4. The normalized spacial score (nSPS) is 15.8. The number of aliphatic carboxylic acids is 1. The number of carbonyl (C=O) groups is 5. The summed E-state index contributed by atoms with van der Waals surface area (Å²) in [5, 5.41) is 25.7. The Labute approximate surface area is 186 Å². The molecule has 0 saturated carbocycles. The molecule has 31 heavy (non-hydrogen) atoms. The molecule has 0 aliphatic rings. The highest BCUT2D eigenvalue weighted by Gasteiger charge is 2.30. The van der Waals surface area contributed by atoms with Gasteiger partial charge in [-0.3, -0.25) is 19.2 Å². The van der Waals surface area contributed by atoms with Crippen molar-refractivity contribution in [2.24, 2.45) is 17.4 Å². The molecule has 0 aromatic rings. The number of hydrogen-bond donors (Lipinski definition) is 8. The van der Waals surface area contributed by atoms with Gasteiger partial charge in [-0.05, 0) is 25.7 Å². The summed E-state index contributed by atoms with van der Waals surface area (Å²) >= 11 is 4.02. The first-order valence-corrected chi connectivity index (χ1v) is 10.4. The predicted octanol–water partition coefficient (Wildman–Crippen LogP) is -2.53. The smallest absolute Gasteiger partial charge is 0.326 e. The molecule has 0 bridgehead atoms. The maximum atomic E-state index is 12.6. The number of carboxylic acid groups (broad SMARTS) is 1. The Hall–Kier alpha value is -2.38. The van der Waals surface area contributed by atoms with Gasteiger partial charge in [0.15, 0.2) is 0 Å². The van der Waals surface area contributed by atoms with E-state index >= 15 is 0 Å². The molecule has 0 fully saturated rings. The van der Waals surface area contributed by atoms with E-state index in [0.717, 1.165) is 0 Å².